The number of hydrogen-bond acceptors (Lipinski definition) is 4. The van der Waals surface area contributed by atoms with Crippen LogP contribution in [0.3, 0.4) is 0 Å². The van der Waals surface area contributed by atoms with E-state index in [1.165, 1.54) is 11.3 Å². The molecule has 0 bridgehead atoms. The van der Waals surface area contributed by atoms with E-state index in [0.717, 1.165) is 10.6 Å². The van der Waals surface area contributed by atoms with Crippen LogP contribution < -0.4 is 5.32 Å². The molecule has 3 aromatic rings. The number of nitrogens with zero attached hydrogens (tertiary/aromatic N) is 2. The smallest absolute Gasteiger partial charge is 0.275 e. The van der Waals surface area contributed by atoms with Crippen molar-refractivity contribution in [3.05, 3.63) is 64.9 Å². The van der Waals surface area contributed by atoms with Gasteiger partial charge in [0.15, 0.2) is 0 Å². The number of carbonyl (C=O) groups is 1. The van der Waals surface area contributed by atoms with Crippen molar-refractivity contribution >= 4 is 34.5 Å². The maximum absolute atomic E-state index is 12.1. The number of rotatable bonds is 3. The summed E-state index contributed by atoms with van der Waals surface area (Å²) in [6, 6.07) is 10.8. The molecule has 1 amide bonds. The number of thiazole rings is 1. The quantitative estimate of drug-likeness (QED) is 0.791. The number of carbonyl (C=O) groups excluding carboxylic acids is 1. The van der Waals surface area contributed by atoms with Crippen molar-refractivity contribution in [2.45, 2.75) is 0 Å². The number of amides is 1. The number of benzene rings is 1. The summed E-state index contributed by atoms with van der Waals surface area (Å²) in [5, 5.41) is 5.91. The lowest BCUT2D eigenvalue weighted by atomic mass is 10.2. The average Bonchev–Trinajstić information content (AvgIpc) is 2.98. The molecular formula is C15H10ClN3OS. The average molecular weight is 316 g/mol. The van der Waals surface area contributed by atoms with Crippen LogP contribution in [0.15, 0.2) is 54.2 Å². The highest BCUT2D eigenvalue weighted by Crippen LogP contribution is 2.26. The van der Waals surface area contributed by atoms with Crippen molar-refractivity contribution in [1.82, 2.24) is 9.97 Å². The van der Waals surface area contributed by atoms with Gasteiger partial charge < -0.3 is 5.32 Å². The van der Waals surface area contributed by atoms with Gasteiger partial charge in [0.2, 0.25) is 0 Å². The summed E-state index contributed by atoms with van der Waals surface area (Å²) in [7, 11) is 0. The van der Waals surface area contributed by atoms with Crippen LogP contribution in [0.4, 0.5) is 5.69 Å². The molecule has 0 atom stereocenters. The number of hydrogen-bond donors (Lipinski definition) is 1. The first-order valence-electron chi connectivity index (χ1n) is 6.15. The van der Waals surface area contributed by atoms with Crippen LogP contribution >= 0.6 is 22.9 Å². The Balaban J connectivity index is 1.80. The van der Waals surface area contributed by atoms with Crippen molar-refractivity contribution in [3.8, 4) is 10.6 Å². The molecule has 0 fully saturated rings. The highest BCUT2D eigenvalue weighted by molar-refractivity contribution is 7.13. The van der Waals surface area contributed by atoms with E-state index in [-0.39, 0.29) is 5.91 Å². The van der Waals surface area contributed by atoms with Crippen molar-refractivity contribution in [1.29, 1.82) is 0 Å². The molecule has 0 saturated carbocycles. The summed E-state index contributed by atoms with van der Waals surface area (Å²) in [6.07, 6.45) is 3.24. The van der Waals surface area contributed by atoms with Gasteiger partial charge in [0.25, 0.3) is 5.91 Å². The lowest BCUT2D eigenvalue weighted by Crippen LogP contribution is -2.12. The normalized spacial score (nSPS) is 10.3. The molecule has 0 radical (unpaired) electrons. The summed E-state index contributed by atoms with van der Waals surface area (Å²) in [4.78, 5) is 20.4. The predicted molar refractivity (Wildman–Crippen MR) is 84.8 cm³/mol. The standard InChI is InChI=1S/C15H10ClN3OS/c16-11-3-1-2-10(8-11)15-19-13(9-21-15)14(20)18-12-4-6-17-7-5-12/h1-9H,(H,17,18,20). The van der Waals surface area contributed by atoms with Gasteiger partial charge in [0.1, 0.15) is 10.7 Å². The van der Waals surface area contributed by atoms with E-state index < -0.39 is 0 Å². The molecule has 0 unspecified atom stereocenters. The van der Waals surface area contributed by atoms with E-state index in [9.17, 15) is 4.79 Å². The molecule has 2 aromatic heterocycles. The van der Waals surface area contributed by atoms with Crippen molar-refractivity contribution in [2.75, 3.05) is 5.32 Å². The third-order valence-corrected chi connectivity index (χ3v) is 3.87. The Morgan fingerprint density at radius 3 is 2.76 bits per heavy atom. The monoisotopic (exact) mass is 315 g/mol. The third-order valence-electron chi connectivity index (χ3n) is 2.75. The van der Waals surface area contributed by atoms with E-state index in [0.29, 0.717) is 16.4 Å². The molecule has 4 nitrogen and oxygen atoms in total. The molecule has 0 spiro atoms. The fraction of sp³-hybridized carbons (Fsp3) is 0. The maximum Gasteiger partial charge on any atom is 0.275 e. The molecule has 21 heavy (non-hydrogen) atoms. The molecule has 0 aliphatic heterocycles. The summed E-state index contributed by atoms with van der Waals surface area (Å²) in [5.41, 5.74) is 1.97. The molecular weight excluding hydrogens is 306 g/mol. The van der Waals surface area contributed by atoms with Gasteiger partial charge in [-0.1, -0.05) is 23.7 Å². The van der Waals surface area contributed by atoms with Crippen LogP contribution in [0.1, 0.15) is 10.5 Å². The molecule has 1 N–H and O–H groups in total. The van der Waals surface area contributed by atoms with E-state index in [2.05, 4.69) is 15.3 Å². The van der Waals surface area contributed by atoms with Gasteiger partial charge in [0.05, 0.1) is 0 Å². The Morgan fingerprint density at radius 1 is 1.19 bits per heavy atom. The van der Waals surface area contributed by atoms with Crippen LogP contribution in [-0.4, -0.2) is 15.9 Å². The van der Waals surface area contributed by atoms with Gasteiger partial charge in [-0.05, 0) is 24.3 Å². The SMILES string of the molecule is O=C(Nc1ccncc1)c1csc(-c2cccc(Cl)c2)n1. The molecule has 2 heterocycles. The van der Waals surface area contributed by atoms with Crippen LogP contribution in [0.5, 0.6) is 0 Å². The van der Waals surface area contributed by atoms with Gasteiger partial charge in [0, 0.05) is 34.0 Å². The second-order valence-corrected chi connectivity index (χ2v) is 5.53. The topological polar surface area (TPSA) is 54.9 Å². The maximum atomic E-state index is 12.1. The largest absolute Gasteiger partial charge is 0.321 e. The van der Waals surface area contributed by atoms with E-state index in [1.807, 2.05) is 18.2 Å². The van der Waals surface area contributed by atoms with Crippen molar-refractivity contribution < 1.29 is 4.79 Å². The Bertz CT molecular complexity index is 773. The second-order valence-electron chi connectivity index (χ2n) is 4.24. The summed E-state index contributed by atoms with van der Waals surface area (Å²) in [5.74, 6) is -0.245. The molecule has 0 aliphatic carbocycles. The highest BCUT2D eigenvalue weighted by Gasteiger charge is 2.12. The lowest BCUT2D eigenvalue weighted by Gasteiger charge is -2.01. The lowest BCUT2D eigenvalue weighted by molar-refractivity contribution is 0.102. The second kappa shape index (κ2) is 6.03. The zero-order chi connectivity index (χ0) is 14.7. The van der Waals surface area contributed by atoms with E-state index in [1.54, 1.807) is 36.0 Å². The third kappa shape index (κ3) is 3.26. The molecule has 3 rings (SSSR count). The minimum Gasteiger partial charge on any atom is -0.321 e. The number of anilines is 1. The fourth-order valence-electron chi connectivity index (χ4n) is 1.76. The van der Waals surface area contributed by atoms with Gasteiger partial charge in [-0.15, -0.1) is 11.3 Å². The minimum absolute atomic E-state index is 0.245. The molecule has 1 aromatic carbocycles. The van der Waals surface area contributed by atoms with Gasteiger partial charge >= 0.3 is 0 Å². The molecule has 0 aliphatic rings. The van der Waals surface area contributed by atoms with Crippen LogP contribution in [0.25, 0.3) is 10.6 Å². The predicted octanol–water partition coefficient (Wildman–Crippen LogP) is 4.11. The highest BCUT2D eigenvalue weighted by atomic mass is 35.5. The summed E-state index contributed by atoms with van der Waals surface area (Å²) >= 11 is 7.37. The fourth-order valence-corrected chi connectivity index (χ4v) is 2.75. The Labute approximate surface area is 130 Å². The van der Waals surface area contributed by atoms with Crippen LogP contribution in [0, 0.1) is 0 Å². The van der Waals surface area contributed by atoms with Gasteiger partial charge in [-0.3, -0.25) is 9.78 Å². The van der Waals surface area contributed by atoms with Gasteiger partial charge in [-0.2, -0.15) is 0 Å². The Hall–Kier alpha value is -2.24. The Morgan fingerprint density at radius 2 is 2.00 bits per heavy atom. The van der Waals surface area contributed by atoms with Crippen molar-refractivity contribution in [2.24, 2.45) is 0 Å². The first-order valence-corrected chi connectivity index (χ1v) is 7.41. The van der Waals surface area contributed by atoms with Crippen LogP contribution in [0.2, 0.25) is 5.02 Å². The number of aromatic nitrogens is 2. The Kier molecular flexibility index (Phi) is 3.94. The van der Waals surface area contributed by atoms with Gasteiger partial charge in [-0.25, -0.2) is 4.98 Å². The first kappa shape index (κ1) is 13.7. The van der Waals surface area contributed by atoms with Crippen LogP contribution in [-0.2, 0) is 0 Å². The first-order chi connectivity index (χ1) is 10.2. The molecule has 104 valence electrons. The summed E-state index contributed by atoms with van der Waals surface area (Å²) in [6.45, 7) is 0. The van der Waals surface area contributed by atoms with E-state index >= 15 is 0 Å². The number of halogens is 1. The number of pyridine rings is 1. The van der Waals surface area contributed by atoms with E-state index in [4.69, 9.17) is 11.6 Å². The van der Waals surface area contributed by atoms with Crippen molar-refractivity contribution in [3.63, 3.8) is 0 Å². The molecule has 0 saturated heterocycles. The zero-order valence-electron chi connectivity index (χ0n) is 10.8. The zero-order valence-corrected chi connectivity index (χ0v) is 12.4. The number of nitrogens with one attached hydrogen (secondary N) is 1. The minimum atomic E-state index is -0.245. The molecule has 6 heteroatoms. The summed E-state index contributed by atoms with van der Waals surface area (Å²) < 4.78 is 0.